The molecule has 0 radical (unpaired) electrons. The second kappa shape index (κ2) is 7.95. The quantitative estimate of drug-likeness (QED) is 0.544. The summed E-state index contributed by atoms with van der Waals surface area (Å²) in [6, 6.07) is 8.17. The lowest BCUT2D eigenvalue weighted by molar-refractivity contribution is -0.175. The molecule has 3 N–H and O–H groups in total. The maximum absolute atomic E-state index is 13.9. The Morgan fingerprint density at radius 1 is 1.11 bits per heavy atom. The molecule has 6 nitrogen and oxygen atoms in total. The molecule has 2 aromatic rings. The van der Waals surface area contributed by atoms with Crippen LogP contribution in [-0.4, -0.2) is 44.7 Å². The Hall–Kier alpha value is -2.60. The van der Waals surface area contributed by atoms with Gasteiger partial charge in [-0.1, -0.05) is 38.5 Å². The van der Waals surface area contributed by atoms with Gasteiger partial charge in [0.25, 0.3) is 5.91 Å². The number of carboxylic acids is 1. The van der Waals surface area contributed by atoms with Crippen molar-refractivity contribution < 1.29 is 19.8 Å². The molecule has 1 aromatic heterocycles. The number of aliphatic hydroxyl groups is 1. The van der Waals surface area contributed by atoms with Gasteiger partial charge in [-0.25, -0.2) is 0 Å². The summed E-state index contributed by atoms with van der Waals surface area (Å²) in [6.07, 6.45) is 7.78. The molecule has 6 heteroatoms. The van der Waals surface area contributed by atoms with E-state index in [0.29, 0.717) is 13.0 Å². The Morgan fingerprint density at radius 3 is 2.67 bits per heavy atom. The molecular weight excluding hydrogens is 452 g/mol. The molecule has 0 bridgehead atoms. The van der Waals surface area contributed by atoms with E-state index in [1.54, 1.807) is 4.90 Å². The van der Waals surface area contributed by atoms with E-state index in [4.69, 9.17) is 0 Å². The van der Waals surface area contributed by atoms with Gasteiger partial charge in [0.2, 0.25) is 0 Å². The third-order valence-corrected chi connectivity index (χ3v) is 11.0. The summed E-state index contributed by atoms with van der Waals surface area (Å²) in [5.74, 6) is -0.306. The van der Waals surface area contributed by atoms with Crippen molar-refractivity contribution in [2.45, 2.75) is 78.4 Å². The van der Waals surface area contributed by atoms with Crippen molar-refractivity contribution in [3.05, 3.63) is 47.2 Å². The molecule has 1 unspecified atom stereocenters. The zero-order valence-electron chi connectivity index (χ0n) is 21.6. The summed E-state index contributed by atoms with van der Waals surface area (Å²) in [5, 5.41) is 22.6. The lowest BCUT2D eigenvalue weighted by Gasteiger charge is -2.63. The summed E-state index contributed by atoms with van der Waals surface area (Å²) < 4.78 is 0. The molecule has 6 rings (SSSR count). The van der Waals surface area contributed by atoms with Crippen LogP contribution in [0.4, 0.5) is 0 Å². The number of hydrogen-bond acceptors (Lipinski definition) is 3. The lowest BCUT2D eigenvalue weighted by atomic mass is 9.40. The van der Waals surface area contributed by atoms with Crippen molar-refractivity contribution in [2.24, 2.45) is 28.1 Å². The van der Waals surface area contributed by atoms with Crippen LogP contribution in [0.25, 0.3) is 10.9 Å². The van der Waals surface area contributed by atoms with Crippen molar-refractivity contribution in [1.29, 1.82) is 0 Å². The van der Waals surface area contributed by atoms with Crippen molar-refractivity contribution in [3.8, 4) is 0 Å². The number of aromatic nitrogens is 1. The molecule has 192 valence electrons. The number of aliphatic carboxylic acids is 1. The molecular formula is C30H38N2O4. The molecule has 6 atom stereocenters. The summed E-state index contributed by atoms with van der Waals surface area (Å²) in [7, 11) is 0. The minimum absolute atomic E-state index is 0.0107. The van der Waals surface area contributed by atoms with Gasteiger partial charge in [0.15, 0.2) is 6.23 Å². The number of carboxylic acid groups (broad SMARTS) is 1. The van der Waals surface area contributed by atoms with Crippen LogP contribution in [-0.2, 0) is 16.0 Å². The first kappa shape index (κ1) is 23.8. The van der Waals surface area contributed by atoms with Crippen molar-refractivity contribution in [1.82, 2.24) is 9.88 Å². The van der Waals surface area contributed by atoms with E-state index in [2.05, 4.69) is 24.9 Å². The Labute approximate surface area is 212 Å². The lowest BCUT2D eigenvalue weighted by Crippen LogP contribution is -2.59. The second-order valence-corrected chi connectivity index (χ2v) is 12.6. The minimum atomic E-state index is -0.850. The molecule has 1 aliphatic heterocycles. The van der Waals surface area contributed by atoms with Crippen LogP contribution >= 0.6 is 0 Å². The number of hydrogen-bond donors (Lipinski definition) is 3. The van der Waals surface area contributed by atoms with Gasteiger partial charge in [0.05, 0.1) is 5.41 Å². The van der Waals surface area contributed by atoms with Crippen molar-refractivity contribution in [2.75, 3.05) is 6.54 Å². The van der Waals surface area contributed by atoms with Crippen LogP contribution in [0.1, 0.15) is 71.3 Å². The number of carbonyl (C=O) groups is 2. The minimum Gasteiger partial charge on any atom is -0.481 e. The summed E-state index contributed by atoms with van der Waals surface area (Å²) in [6.45, 7) is 6.96. The number of nitrogens with zero attached hydrogens (tertiary/aromatic N) is 1. The summed E-state index contributed by atoms with van der Waals surface area (Å²) in [4.78, 5) is 31.3. The second-order valence-electron chi connectivity index (χ2n) is 12.6. The van der Waals surface area contributed by atoms with Gasteiger partial charge in [0, 0.05) is 34.6 Å². The predicted molar refractivity (Wildman–Crippen MR) is 138 cm³/mol. The van der Waals surface area contributed by atoms with Crippen LogP contribution in [0.5, 0.6) is 0 Å². The fourth-order valence-electron chi connectivity index (χ4n) is 9.21. The largest absolute Gasteiger partial charge is 0.481 e. The van der Waals surface area contributed by atoms with Crippen molar-refractivity contribution >= 4 is 22.8 Å². The van der Waals surface area contributed by atoms with Crippen LogP contribution in [0.3, 0.4) is 0 Å². The van der Waals surface area contributed by atoms with E-state index >= 15 is 0 Å². The molecule has 3 aliphatic carbocycles. The topological polar surface area (TPSA) is 93.6 Å². The Bertz CT molecular complexity index is 1280. The van der Waals surface area contributed by atoms with Crippen LogP contribution in [0.2, 0.25) is 0 Å². The van der Waals surface area contributed by atoms with E-state index in [9.17, 15) is 19.8 Å². The van der Waals surface area contributed by atoms with Gasteiger partial charge in [-0.3, -0.25) is 9.59 Å². The highest BCUT2D eigenvalue weighted by Gasteiger charge is 2.65. The predicted octanol–water partition coefficient (Wildman–Crippen LogP) is 5.28. The number of aromatic amines is 1. The highest BCUT2D eigenvalue weighted by Crippen LogP contribution is 2.69. The number of H-pyrrole nitrogens is 1. The standard InChI is InChI=1S/C30H38N2O4/c1-28-13-6-14-30(3,27(35)36)23(28)11-15-29(2)22(28)10-9-20-24(29)26(34)32(25(20)33)16-12-18-17-31-21-8-5-4-7-19(18)21/h4-5,7-8,17,22-23,25,31,33H,6,9-16H2,1-3H3,(H,35,36)/t22-,23-,25?,28-,29-,30+/m1/s1. The molecule has 0 spiro atoms. The highest BCUT2D eigenvalue weighted by atomic mass is 16.4. The van der Waals surface area contributed by atoms with Crippen LogP contribution in [0.15, 0.2) is 41.6 Å². The number of nitrogens with one attached hydrogen (secondary N) is 1. The zero-order chi connectivity index (χ0) is 25.5. The number of para-hydroxylation sites is 1. The van der Waals surface area contributed by atoms with Crippen molar-refractivity contribution in [3.63, 3.8) is 0 Å². The molecule has 4 aliphatic rings. The molecule has 0 saturated heterocycles. The first-order valence-corrected chi connectivity index (χ1v) is 13.6. The van der Waals surface area contributed by atoms with E-state index in [1.807, 2.05) is 31.3 Å². The Kier molecular flexibility index (Phi) is 5.25. The smallest absolute Gasteiger partial charge is 0.309 e. The zero-order valence-corrected chi connectivity index (χ0v) is 21.6. The number of carbonyl (C=O) groups excluding carboxylic acids is 1. The summed E-state index contributed by atoms with van der Waals surface area (Å²) in [5.41, 5.74) is 2.86. The third kappa shape index (κ3) is 3.06. The Balaban J connectivity index is 1.28. The molecule has 2 heterocycles. The molecule has 2 saturated carbocycles. The van der Waals surface area contributed by atoms with Gasteiger partial charge >= 0.3 is 5.97 Å². The number of amides is 1. The molecule has 1 amide bonds. The maximum atomic E-state index is 13.9. The van der Waals surface area contributed by atoms with Crippen LogP contribution in [0, 0.1) is 28.1 Å². The highest BCUT2D eigenvalue weighted by molar-refractivity contribution is 5.99. The van der Waals surface area contributed by atoms with E-state index in [0.717, 1.165) is 72.6 Å². The maximum Gasteiger partial charge on any atom is 0.309 e. The average Bonchev–Trinajstić information content (AvgIpc) is 3.36. The number of aliphatic hydroxyl groups excluding tert-OH is 1. The number of fused-ring (bicyclic) bond motifs is 5. The molecule has 1 aromatic carbocycles. The normalized spacial score (nSPS) is 38.2. The van der Waals surface area contributed by atoms with Gasteiger partial charge < -0.3 is 20.1 Å². The van der Waals surface area contributed by atoms with E-state index < -0.39 is 17.6 Å². The van der Waals surface area contributed by atoms with E-state index in [-0.39, 0.29) is 28.6 Å². The van der Waals surface area contributed by atoms with Gasteiger partial charge in [-0.2, -0.15) is 0 Å². The van der Waals surface area contributed by atoms with Gasteiger partial charge in [0.1, 0.15) is 0 Å². The molecule has 36 heavy (non-hydrogen) atoms. The Morgan fingerprint density at radius 2 is 1.89 bits per heavy atom. The number of rotatable bonds is 4. The number of benzene rings is 1. The molecule has 2 fully saturated rings. The fraction of sp³-hybridized carbons (Fsp3) is 0.600. The SMILES string of the molecule is C[C@]12CCC[C@](C)(C(=O)O)[C@@H]1CC[C@@]1(C)C3=C(CC[C@H]21)C(O)N(CCc1c[nH]c2ccccc12)C3=O. The summed E-state index contributed by atoms with van der Waals surface area (Å²) >= 11 is 0. The van der Waals surface area contributed by atoms with Gasteiger partial charge in [-0.15, -0.1) is 0 Å². The first-order valence-electron chi connectivity index (χ1n) is 13.6. The van der Waals surface area contributed by atoms with Crippen LogP contribution < -0.4 is 0 Å². The van der Waals surface area contributed by atoms with Gasteiger partial charge in [-0.05, 0) is 86.3 Å². The van der Waals surface area contributed by atoms with E-state index in [1.165, 1.54) is 0 Å². The third-order valence-electron chi connectivity index (χ3n) is 11.0. The monoisotopic (exact) mass is 490 g/mol. The fourth-order valence-corrected chi connectivity index (χ4v) is 9.21. The average molecular weight is 491 g/mol. The first-order chi connectivity index (χ1) is 17.1.